The maximum atomic E-state index is 13.1. The van der Waals surface area contributed by atoms with Gasteiger partial charge in [-0.25, -0.2) is 0 Å². The minimum Gasteiger partial charge on any atom is -0.462 e. The van der Waals surface area contributed by atoms with Crippen molar-refractivity contribution >= 4 is 11.9 Å². The fourth-order valence-electron chi connectivity index (χ4n) is 6.93. The normalized spacial score (nSPS) is 13.9. The van der Waals surface area contributed by atoms with E-state index in [9.17, 15) is 19.8 Å². The maximum absolute atomic E-state index is 13.1. The Hall–Kier alpha value is -2.44. The summed E-state index contributed by atoms with van der Waals surface area (Å²) in [5.41, 5.74) is 0. The quantitative estimate of drug-likeness (QED) is 0.0326. The largest absolute Gasteiger partial charge is 0.462 e. The molecule has 0 saturated heterocycles. The molecule has 0 aliphatic carbocycles. The van der Waals surface area contributed by atoms with Gasteiger partial charge in [-0.15, -0.1) is 0 Å². The first-order valence-corrected chi connectivity index (χ1v) is 23.6. The van der Waals surface area contributed by atoms with Gasteiger partial charge in [-0.1, -0.05) is 229 Å². The summed E-state index contributed by atoms with van der Waals surface area (Å²) in [5, 5.41) is 23.7. The number of amides is 1. The van der Waals surface area contributed by atoms with E-state index in [1.807, 2.05) is 54.7 Å². The number of carbonyl (C=O) groups is 2. The van der Waals surface area contributed by atoms with Crippen LogP contribution < -0.4 is 5.32 Å². The van der Waals surface area contributed by atoms with E-state index in [-0.39, 0.29) is 24.9 Å². The third-order valence-corrected chi connectivity index (χ3v) is 10.5. The predicted molar refractivity (Wildman–Crippen MR) is 241 cm³/mol. The van der Waals surface area contributed by atoms with Crippen LogP contribution in [-0.4, -0.2) is 46.9 Å². The molecule has 0 heterocycles. The van der Waals surface area contributed by atoms with Gasteiger partial charge in [0, 0.05) is 6.42 Å². The first kappa shape index (κ1) is 53.6. The molecule has 0 bridgehead atoms. The highest BCUT2D eigenvalue weighted by Crippen LogP contribution is 2.17. The topological polar surface area (TPSA) is 95.9 Å². The van der Waals surface area contributed by atoms with Gasteiger partial charge < -0.3 is 20.3 Å². The van der Waals surface area contributed by atoms with Crippen molar-refractivity contribution in [2.75, 3.05) is 6.61 Å². The third kappa shape index (κ3) is 38.4. The Kier molecular flexibility index (Phi) is 41.8. The van der Waals surface area contributed by atoms with Gasteiger partial charge in [-0.2, -0.15) is 0 Å². The van der Waals surface area contributed by atoms with Crippen LogP contribution in [0.4, 0.5) is 0 Å². The number of allylic oxidation sites excluding steroid dienone is 10. The van der Waals surface area contributed by atoms with Gasteiger partial charge in [-0.3, -0.25) is 9.59 Å². The number of ether oxygens (including phenoxy) is 1. The lowest BCUT2D eigenvalue weighted by Crippen LogP contribution is -2.46. The SMILES string of the molecule is CC/C=C/C=C/C=C\C=C/C=C/CCCC(=O)OC(CCCCCCCCCC)CC(=O)NC(CO)C(O)CCCCCCCCCCCCCCCCCC. The minimum absolute atomic E-state index is 0.0484. The van der Waals surface area contributed by atoms with Gasteiger partial charge in [0.15, 0.2) is 0 Å². The van der Waals surface area contributed by atoms with E-state index in [1.165, 1.54) is 116 Å². The summed E-state index contributed by atoms with van der Waals surface area (Å²) in [4.78, 5) is 25.9. The Morgan fingerprint density at radius 2 is 0.946 bits per heavy atom. The lowest BCUT2D eigenvalue weighted by molar-refractivity contribution is -0.151. The molecule has 0 rings (SSSR count). The highest BCUT2D eigenvalue weighted by Gasteiger charge is 2.24. The van der Waals surface area contributed by atoms with Crippen molar-refractivity contribution in [3.05, 3.63) is 60.8 Å². The molecule has 324 valence electrons. The number of aliphatic hydroxyl groups excluding tert-OH is 2. The van der Waals surface area contributed by atoms with Crippen molar-refractivity contribution in [3.63, 3.8) is 0 Å². The average molecular weight is 784 g/mol. The highest BCUT2D eigenvalue weighted by atomic mass is 16.5. The molecule has 0 radical (unpaired) electrons. The summed E-state index contributed by atoms with van der Waals surface area (Å²) in [6.45, 7) is 6.29. The number of nitrogens with one attached hydrogen (secondary N) is 1. The second-order valence-corrected chi connectivity index (χ2v) is 15.9. The van der Waals surface area contributed by atoms with Crippen LogP contribution >= 0.6 is 0 Å². The molecule has 1 amide bonds. The Bertz CT molecular complexity index is 1010. The first-order valence-electron chi connectivity index (χ1n) is 23.6. The van der Waals surface area contributed by atoms with Crippen LogP contribution in [0.2, 0.25) is 0 Å². The van der Waals surface area contributed by atoms with Crippen molar-refractivity contribution in [1.29, 1.82) is 0 Å². The van der Waals surface area contributed by atoms with E-state index in [0.717, 1.165) is 51.4 Å². The standard InChI is InChI=1S/C50H89NO5/c1-4-7-10-13-16-19-21-23-24-25-27-28-30-33-36-39-42-48(53)47(45-52)51-49(54)44-46(41-38-35-32-18-15-12-9-6-3)56-50(55)43-40-37-34-31-29-26-22-20-17-14-11-8-5-2/h8,11,14,17,20,22,26,29,31,34,46-48,52-53H,4-7,9-10,12-13,15-16,18-19,21,23-25,27-28,30,32-33,35-45H2,1-3H3,(H,51,54)/b11-8+,17-14+,22-20-,29-26-,34-31+. The van der Waals surface area contributed by atoms with E-state index in [4.69, 9.17) is 4.74 Å². The zero-order chi connectivity index (χ0) is 41.0. The summed E-state index contributed by atoms with van der Waals surface area (Å²) < 4.78 is 5.84. The van der Waals surface area contributed by atoms with Crippen LogP contribution in [0.5, 0.6) is 0 Å². The summed E-state index contributed by atoms with van der Waals surface area (Å²) in [5.74, 6) is -0.565. The maximum Gasteiger partial charge on any atom is 0.306 e. The molecule has 0 aromatic rings. The molecule has 3 unspecified atom stereocenters. The average Bonchev–Trinajstić information content (AvgIpc) is 3.19. The van der Waals surface area contributed by atoms with Crippen molar-refractivity contribution in [3.8, 4) is 0 Å². The van der Waals surface area contributed by atoms with E-state index >= 15 is 0 Å². The van der Waals surface area contributed by atoms with Crippen LogP contribution in [0.3, 0.4) is 0 Å². The van der Waals surface area contributed by atoms with Gasteiger partial charge in [0.2, 0.25) is 5.91 Å². The number of esters is 1. The molecule has 0 aromatic heterocycles. The molecular formula is C50H89NO5. The summed E-state index contributed by atoms with van der Waals surface area (Å²) in [7, 11) is 0. The van der Waals surface area contributed by atoms with Crippen molar-refractivity contribution < 1.29 is 24.5 Å². The number of unbranched alkanes of at least 4 members (excludes halogenated alkanes) is 23. The van der Waals surface area contributed by atoms with E-state index in [2.05, 4.69) is 32.2 Å². The zero-order valence-electron chi connectivity index (χ0n) is 36.8. The fraction of sp³-hybridized carbons (Fsp3) is 0.760. The zero-order valence-corrected chi connectivity index (χ0v) is 36.8. The molecule has 6 nitrogen and oxygen atoms in total. The molecule has 6 heteroatoms. The molecule has 0 fully saturated rings. The highest BCUT2D eigenvalue weighted by molar-refractivity contribution is 5.77. The number of hydrogen-bond donors (Lipinski definition) is 3. The van der Waals surface area contributed by atoms with Crippen LogP contribution in [0.25, 0.3) is 0 Å². The first-order chi connectivity index (χ1) is 27.5. The second-order valence-electron chi connectivity index (χ2n) is 15.9. The summed E-state index contributed by atoms with van der Waals surface area (Å²) in [6.07, 6.45) is 52.9. The molecule has 0 aromatic carbocycles. The Labute approximate surface area is 346 Å². The summed E-state index contributed by atoms with van der Waals surface area (Å²) >= 11 is 0. The number of rotatable bonds is 41. The molecular weight excluding hydrogens is 695 g/mol. The fourth-order valence-corrected chi connectivity index (χ4v) is 6.93. The van der Waals surface area contributed by atoms with Gasteiger partial charge in [0.05, 0.1) is 25.2 Å². The van der Waals surface area contributed by atoms with Crippen molar-refractivity contribution in [1.82, 2.24) is 5.32 Å². The Balaban J connectivity index is 4.52. The van der Waals surface area contributed by atoms with E-state index in [0.29, 0.717) is 25.7 Å². The van der Waals surface area contributed by atoms with Gasteiger partial charge in [-0.05, 0) is 38.5 Å². The van der Waals surface area contributed by atoms with Gasteiger partial charge >= 0.3 is 5.97 Å². The number of aliphatic hydroxyl groups is 2. The van der Waals surface area contributed by atoms with E-state index < -0.39 is 18.2 Å². The third-order valence-electron chi connectivity index (χ3n) is 10.5. The van der Waals surface area contributed by atoms with Crippen LogP contribution in [0.15, 0.2) is 60.8 Å². The van der Waals surface area contributed by atoms with Crippen molar-refractivity contribution in [2.24, 2.45) is 0 Å². The molecule has 3 atom stereocenters. The molecule has 0 aliphatic heterocycles. The van der Waals surface area contributed by atoms with Crippen LogP contribution in [0.1, 0.15) is 220 Å². The lowest BCUT2D eigenvalue weighted by Gasteiger charge is -2.24. The number of hydrogen-bond acceptors (Lipinski definition) is 5. The second kappa shape index (κ2) is 43.7. The lowest BCUT2D eigenvalue weighted by atomic mass is 10.0. The minimum atomic E-state index is -0.798. The monoisotopic (exact) mass is 784 g/mol. The van der Waals surface area contributed by atoms with Crippen LogP contribution in [-0.2, 0) is 14.3 Å². The van der Waals surface area contributed by atoms with Gasteiger partial charge in [0.1, 0.15) is 6.10 Å². The smallest absolute Gasteiger partial charge is 0.306 e. The number of carbonyl (C=O) groups excluding carboxylic acids is 2. The summed E-state index contributed by atoms with van der Waals surface area (Å²) in [6, 6.07) is -0.714. The molecule has 56 heavy (non-hydrogen) atoms. The molecule has 0 aliphatic rings. The van der Waals surface area contributed by atoms with Gasteiger partial charge in [0.25, 0.3) is 0 Å². The Morgan fingerprint density at radius 1 is 0.536 bits per heavy atom. The van der Waals surface area contributed by atoms with Crippen LogP contribution in [0, 0.1) is 0 Å². The molecule has 3 N–H and O–H groups in total. The van der Waals surface area contributed by atoms with Crippen molar-refractivity contribution in [2.45, 2.75) is 238 Å². The molecule has 0 spiro atoms. The predicted octanol–water partition coefficient (Wildman–Crippen LogP) is 13.7. The Morgan fingerprint density at radius 3 is 1.39 bits per heavy atom. The molecule has 0 saturated carbocycles. The van der Waals surface area contributed by atoms with E-state index in [1.54, 1.807) is 0 Å².